The zero-order chi connectivity index (χ0) is 22.7. The Morgan fingerprint density at radius 2 is 1.97 bits per heavy atom. The van der Waals surface area contributed by atoms with Gasteiger partial charge < -0.3 is 20.8 Å². The molecule has 0 bridgehead atoms. The monoisotopic (exact) mass is 445 g/mol. The second kappa shape index (κ2) is 7.53. The predicted molar refractivity (Wildman–Crippen MR) is 97.4 cm³/mol. The maximum Gasteiger partial charge on any atom is 0.416 e. The highest BCUT2D eigenvalue weighted by atomic mass is 19.4. The van der Waals surface area contributed by atoms with E-state index in [0.717, 1.165) is 18.2 Å². The fraction of sp³-hybridized carbons (Fsp3) is 0.474. The number of rotatable bonds is 3. The minimum atomic E-state index is -4.77. The Morgan fingerprint density at radius 1 is 1.26 bits per heavy atom. The topological polar surface area (TPSA) is 99.4 Å². The number of aromatic nitrogens is 2. The molecule has 12 heteroatoms. The Balaban J connectivity index is 1.62. The summed E-state index contributed by atoms with van der Waals surface area (Å²) >= 11 is 0. The van der Waals surface area contributed by atoms with Crippen LogP contribution in [0.1, 0.15) is 40.1 Å². The van der Waals surface area contributed by atoms with Crippen molar-refractivity contribution in [3.8, 4) is 0 Å². The molecule has 3 heterocycles. The van der Waals surface area contributed by atoms with Crippen LogP contribution in [0.2, 0.25) is 0 Å². The van der Waals surface area contributed by atoms with Crippen LogP contribution >= 0.6 is 0 Å². The Hall–Kier alpha value is -2.57. The fourth-order valence-corrected chi connectivity index (χ4v) is 4.36. The molecular weight excluding hydrogens is 425 g/mol. The van der Waals surface area contributed by atoms with Crippen LogP contribution in [0.5, 0.6) is 0 Å². The van der Waals surface area contributed by atoms with Gasteiger partial charge in [0.1, 0.15) is 17.7 Å². The first-order valence-corrected chi connectivity index (χ1v) is 9.48. The summed E-state index contributed by atoms with van der Waals surface area (Å²) in [6, 6.07) is 0.321. The summed E-state index contributed by atoms with van der Waals surface area (Å²) in [5, 5.41) is 0. The second-order valence-electron chi connectivity index (χ2n) is 7.81. The number of carbonyl (C=O) groups is 1. The number of fused-ring (bicyclic) bond motifs is 1. The fourth-order valence-electron chi connectivity index (χ4n) is 4.36. The van der Waals surface area contributed by atoms with E-state index in [1.807, 2.05) is 0 Å². The number of nitrogens with two attached hydrogens (primary N) is 2. The number of hydrogen-bond donors (Lipinski definition) is 2. The third kappa shape index (κ3) is 3.79. The Morgan fingerprint density at radius 3 is 2.58 bits per heavy atom. The van der Waals surface area contributed by atoms with Crippen LogP contribution in [0.15, 0.2) is 18.2 Å². The molecule has 0 unspecified atom stereocenters. The molecule has 1 aromatic carbocycles. The molecule has 7 nitrogen and oxygen atoms in total. The molecule has 0 radical (unpaired) electrons. The minimum absolute atomic E-state index is 0.0234. The molecule has 1 saturated heterocycles. The summed E-state index contributed by atoms with van der Waals surface area (Å²) in [6.07, 6.45) is -8.66. The number of primary amides is 1. The summed E-state index contributed by atoms with van der Waals surface area (Å²) < 4.78 is 76.2. The number of imidazole rings is 1. The van der Waals surface area contributed by atoms with Crippen molar-refractivity contribution in [3.05, 3.63) is 52.6 Å². The van der Waals surface area contributed by atoms with Gasteiger partial charge in [0.2, 0.25) is 0 Å². The van der Waals surface area contributed by atoms with Gasteiger partial charge in [-0.2, -0.15) is 13.2 Å². The number of hydrogen-bond acceptors (Lipinski definition) is 5. The third-order valence-corrected chi connectivity index (χ3v) is 5.82. The van der Waals surface area contributed by atoms with Gasteiger partial charge in [-0.05, 0) is 24.6 Å². The van der Waals surface area contributed by atoms with Gasteiger partial charge in [0, 0.05) is 37.8 Å². The van der Waals surface area contributed by atoms with E-state index in [9.17, 15) is 26.7 Å². The lowest BCUT2D eigenvalue weighted by atomic mass is 9.89. The molecule has 1 fully saturated rings. The van der Waals surface area contributed by atoms with E-state index >= 15 is 0 Å². The van der Waals surface area contributed by atoms with Gasteiger partial charge >= 0.3 is 6.18 Å². The first kappa shape index (κ1) is 21.7. The molecule has 4 atom stereocenters. The molecular formula is C19H20F5N5O2. The van der Waals surface area contributed by atoms with E-state index in [-0.39, 0.29) is 30.9 Å². The van der Waals surface area contributed by atoms with E-state index < -0.39 is 48.0 Å². The first-order valence-electron chi connectivity index (χ1n) is 9.48. The van der Waals surface area contributed by atoms with Crippen LogP contribution in [0.25, 0.3) is 0 Å². The van der Waals surface area contributed by atoms with E-state index in [2.05, 4.69) is 4.98 Å². The molecule has 31 heavy (non-hydrogen) atoms. The van der Waals surface area contributed by atoms with Crippen molar-refractivity contribution in [2.45, 2.75) is 50.0 Å². The van der Waals surface area contributed by atoms with Gasteiger partial charge in [0.15, 0.2) is 11.9 Å². The summed E-state index contributed by atoms with van der Waals surface area (Å²) in [4.78, 5) is 17.1. The molecule has 0 aliphatic carbocycles. The average Bonchev–Trinajstić information content (AvgIpc) is 3.22. The molecule has 2 aromatic rings. The van der Waals surface area contributed by atoms with Crippen LogP contribution < -0.4 is 11.5 Å². The standard InChI is InChI=1S/C19H20F5N5O2/c1-28-14-7-29(6-12(14)27-18(28)17(26)30)13-5-11(25)15(31-16(13)19(22,23)24)9-4-8(20)2-3-10(9)21/h2-4,11,13,15-16H,5-7,25H2,1H3,(H2,26,30)/t11-,13+,15+,16-/m0/s1. The summed E-state index contributed by atoms with van der Waals surface area (Å²) in [5.74, 6) is -2.41. The summed E-state index contributed by atoms with van der Waals surface area (Å²) in [7, 11) is 1.56. The van der Waals surface area contributed by atoms with E-state index in [1.165, 1.54) is 9.47 Å². The van der Waals surface area contributed by atoms with Gasteiger partial charge in [-0.15, -0.1) is 0 Å². The lowest BCUT2D eigenvalue weighted by Gasteiger charge is -2.44. The van der Waals surface area contributed by atoms with Crippen molar-refractivity contribution >= 4 is 5.91 Å². The first-order chi connectivity index (χ1) is 14.5. The number of alkyl halides is 3. The molecule has 1 amide bonds. The highest BCUT2D eigenvalue weighted by Gasteiger charge is 2.54. The number of benzene rings is 1. The van der Waals surface area contributed by atoms with Crippen LogP contribution in [-0.2, 0) is 24.9 Å². The van der Waals surface area contributed by atoms with E-state index in [0.29, 0.717) is 11.4 Å². The van der Waals surface area contributed by atoms with E-state index in [1.54, 1.807) is 7.05 Å². The number of amides is 1. The van der Waals surface area contributed by atoms with Crippen molar-refractivity contribution < 1.29 is 31.5 Å². The number of nitrogens with zero attached hydrogens (tertiary/aromatic N) is 3. The highest BCUT2D eigenvalue weighted by molar-refractivity contribution is 5.89. The molecule has 2 aliphatic rings. The maximum absolute atomic E-state index is 14.2. The third-order valence-electron chi connectivity index (χ3n) is 5.82. The van der Waals surface area contributed by atoms with Crippen LogP contribution in [-0.4, -0.2) is 44.7 Å². The van der Waals surface area contributed by atoms with Crippen molar-refractivity contribution in [1.29, 1.82) is 0 Å². The van der Waals surface area contributed by atoms with Gasteiger partial charge in [0.05, 0.1) is 11.4 Å². The zero-order valence-electron chi connectivity index (χ0n) is 16.4. The van der Waals surface area contributed by atoms with Gasteiger partial charge in [-0.25, -0.2) is 13.8 Å². The van der Waals surface area contributed by atoms with Crippen LogP contribution in [0.4, 0.5) is 22.0 Å². The van der Waals surface area contributed by atoms with Crippen molar-refractivity contribution in [2.24, 2.45) is 18.5 Å². The van der Waals surface area contributed by atoms with Crippen LogP contribution in [0.3, 0.4) is 0 Å². The summed E-state index contributed by atoms with van der Waals surface area (Å²) in [6.45, 7) is 0.126. The summed E-state index contributed by atoms with van der Waals surface area (Å²) in [5.41, 5.74) is 12.0. The molecule has 4 N–H and O–H groups in total. The normalized spacial score (nSPS) is 26.8. The Labute approximate surface area is 173 Å². The van der Waals surface area contributed by atoms with Gasteiger partial charge in [0.25, 0.3) is 5.91 Å². The lowest BCUT2D eigenvalue weighted by Crippen LogP contribution is -2.58. The van der Waals surface area contributed by atoms with Crippen LogP contribution in [0, 0.1) is 11.6 Å². The number of ether oxygens (including phenoxy) is 1. The minimum Gasteiger partial charge on any atom is -0.363 e. The Bertz CT molecular complexity index is 1020. The Kier molecular flexibility index (Phi) is 5.26. The molecule has 1 aromatic heterocycles. The predicted octanol–water partition coefficient (Wildman–Crippen LogP) is 1.90. The van der Waals surface area contributed by atoms with Crippen molar-refractivity contribution in [1.82, 2.24) is 14.5 Å². The highest BCUT2D eigenvalue weighted by Crippen LogP contribution is 2.42. The maximum atomic E-state index is 14.2. The number of carbonyl (C=O) groups excluding carboxylic acids is 1. The smallest absolute Gasteiger partial charge is 0.363 e. The molecule has 168 valence electrons. The lowest BCUT2D eigenvalue weighted by molar-refractivity contribution is -0.269. The molecule has 2 aliphatic heterocycles. The van der Waals surface area contributed by atoms with Gasteiger partial charge in [-0.1, -0.05) is 0 Å². The number of halogens is 5. The largest absolute Gasteiger partial charge is 0.416 e. The SMILES string of the molecule is Cn1c(C(N)=O)nc2c1CN([C@@H]1C[C@H](N)[C@@H](c3cc(F)ccc3F)O[C@@H]1C(F)(F)F)C2. The average molecular weight is 445 g/mol. The van der Waals surface area contributed by atoms with Gasteiger partial charge in [-0.3, -0.25) is 9.69 Å². The second-order valence-corrected chi connectivity index (χ2v) is 7.81. The molecule has 0 saturated carbocycles. The molecule has 4 rings (SSSR count). The zero-order valence-corrected chi connectivity index (χ0v) is 16.4. The quantitative estimate of drug-likeness (QED) is 0.704. The van der Waals surface area contributed by atoms with Crippen molar-refractivity contribution in [3.63, 3.8) is 0 Å². The van der Waals surface area contributed by atoms with Crippen molar-refractivity contribution in [2.75, 3.05) is 0 Å². The molecule has 0 spiro atoms. The van der Waals surface area contributed by atoms with E-state index in [4.69, 9.17) is 16.2 Å².